The third-order valence-corrected chi connectivity index (χ3v) is 5.72. The number of carbonyl (C=O) groups is 7. The summed E-state index contributed by atoms with van der Waals surface area (Å²) in [5, 5.41) is 0. The minimum atomic E-state index is -2.31. The molecule has 1 aromatic carbocycles. The summed E-state index contributed by atoms with van der Waals surface area (Å²) < 4.78 is 25.7. The molecule has 1 heterocycles. The zero-order valence-corrected chi connectivity index (χ0v) is 18.9. The molecule has 4 atom stereocenters. The minimum Gasteiger partial charge on any atom is -0.446 e. The van der Waals surface area contributed by atoms with Crippen molar-refractivity contribution in [2.45, 2.75) is 39.2 Å². The number of Topliss-reactive ketones (excluding diaryl/α,β-unsaturated/α-hetero) is 1. The summed E-state index contributed by atoms with van der Waals surface area (Å²) >= 11 is 0. The lowest BCUT2D eigenvalue weighted by atomic mass is 9.69. The second-order valence-corrected chi connectivity index (χ2v) is 8.12. The maximum absolute atomic E-state index is 14.0. The summed E-state index contributed by atoms with van der Waals surface area (Å²) in [6.07, 6.45) is 2.56. The SMILES string of the molecule is CC(=O)Oc1cc2c(c(OC(C)=O)c1OC(C)=O)C(=O)[C@]1(OC(C)=O)C=C[C@H]2C2C(=O)OC(=O)C21. The van der Waals surface area contributed by atoms with Crippen molar-refractivity contribution in [3.8, 4) is 17.2 Å². The maximum Gasteiger partial charge on any atom is 0.322 e. The fourth-order valence-electron chi connectivity index (χ4n) is 4.71. The Morgan fingerprint density at radius 3 is 2.00 bits per heavy atom. The highest BCUT2D eigenvalue weighted by molar-refractivity contribution is 6.15. The second kappa shape index (κ2) is 8.15. The van der Waals surface area contributed by atoms with Crippen molar-refractivity contribution < 1.29 is 57.2 Å². The molecule has 0 N–H and O–H groups in total. The van der Waals surface area contributed by atoms with Gasteiger partial charge in [0.2, 0.25) is 17.1 Å². The van der Waals surface area contributed by atoms with E-state index in [2.05, 4.69) is 0 Å². The molecule has 1 saturated heterocycles. The molecule has 4 aliphatic rings. The van der Waals surface area contributed by atoms with E-state index in [1.165, 1.54) is 12.2 Å². The zero-order valence-electron chi connectivity index (χ0n) is 18.9. The Morgan fingerprint density at radius 1 is 0.829 bits per heavy atom. The van der Waals surface area contributed by atoms with Crippen molar-refractivity contribution in [1.82, 2.24) is 0 Å². The number of esters is 6. The van der Waals surface area contributed by atoms with Crippen LogP contribution in [0.3, 0.4) is 0 Å². The summed E-state index contributed by atoms with van der Waals surface area (Å²) in [7, 11) is 0. The van der Waals surface area contributed by atoms with Crippen molar-refractivity contribution in [1.29, 1.82) is 0 Å². The molecule has 2 bridgehead atoms. The Labute approximate surface area is 197 Å². The van der Waals surface area contributed by atoms with Gasteiger partial charge in [0.05, 0.1) is 11.5 Å². The first kappa shape index (κ1) is 23.8. The molecule has 0 radical (unpaired) electrons. The monoisotopic (exact) mass is 486 g/mol. The number of hydrogen-bond acceptors (Lipinski definition) is 12. The molecule has 5 rings (SSSR count). The van der Waals surface area contributed by atoms with Crippen molar-refractivity contribution in [3.05, 3.63) is 29.3 Å². The summed E-state index contributed by atoms with van der Waals surface area (Å²) in [5.74, 6) is -12.1. The molecule has 3 aliphatic carbocycles. The predicted octanol–water partition coefficient (Wildman–Crippen LogP) is 0.930. The zero-order chi connectivity index (χ0) is 25.8. The molecule has 0 spiro atoms. The number of benzene rings is 1. The highest BCUT2D eigenvalue weighted by Crippen LogP contribution is 2.57. The number of hydrogen-bond donors (Lipinski definition) is 0. The van der Waals surface area contributed by atoms with Crippen LogP contribution in [0.5, 0.6) is 17.2 Å². The van der Waals surface area contributed by atoms with Gasteiger partial charge < -0.3 is 23.7 Å². The van der Waals surface area contributed by atoms with Crippen LogP contribution in [0.1, 0.15) is 49.5 Å². The molecule has 1 fully saturated rings. The first-order chi connectivity index (χ1) is 16.4. The average Bonchev–Trinajstić information content (AvgIpc) is 2.93. The molecule has 35 heavy (non-hydrogen) atoms. The molecule has 12 nitrogen and oxygen atoms in total. The summed E-state index contributed by atoms with van der Waals surface area (Å²) in [6.45, 7) is 4.09. The number of allylic oxidation sites excluding steroid dienone is 1. The normalized spacial score (nSPS) is 25.7. The number of carbonyl (C=O) groups excluding carboxylic acids is 7. The van der Waals surface area contributed by atoms with E-state index < -0.39 is 82.0 Å². The molecule has 0 aromatic heterocycles. The van der Waals surface area contributed by atoms with Crippen LogP contribution in [0, 0.1) is 11.8 Å². The van der Waals surface area contributed by atoms with Crippen LogP contribution in [0.15, 0.2) is 18.2 Å². The summed E-state index contributed by atoms with van der Waals surface area (Å²) in [5.41, 5.74) is -2.70. The molecule has 12 heteroatoms. The smallest absolute Gasteiger partial charge is 0.322 e. The van der Waals surface area contributed by atoms with Gasteiger partial charge in [-0.1, -0.05) is 6.08 Å². The molecule has 0 amide bonds. The van der Waals surface area contributed by atoms with Gasteiger partial charge in [-0.3, -0.25) is 33.6 Å². The Bertz CT molecular complexity index is 1270. The van der Waals surface area contributed by atoms with Crippen LogP contribution in [0.2, 0.25) is 0 Å². The van der Waals surface area contributed by atoms with Gasteiger partial charge in [-0.05, 0) is 17.7 Å². The van der Waals surface area contributed by atoms with Crippen LogP contribution >= 0.6 is 0 Å². The van der Waals surface area contributed by atoms with Gasteiger partial charge in [0.1, 0.15) is 5.92 Å². The first-order valence-corrected chi connectivity index (χ1v) is 10.3. The molecule has 182 valence electrons. The van der Waals surface area contributed by atoms with Crippen molar-refractivity contribution in [3.63, 3.8) is 0 Å². The molecule has 1 aliphatic heterocycles. The highest BCUT2D eigenvalue weighted by Gasteiger charge is 2.67. The minimum absolute atomic E-state index is 0.00262. The van der Waals surface area contributed by atoms with E-state index in [1.54, 1.807) is 0 Å². The Morgan fingerprint density at radius 2 is 1.43 bits per heavy atom. The maximum atomic E-state index is 14.0. The Kier molecular flexibility index (Phi) is 5.54. The van der Waals surface area contributed by atoms with Crippen LogP contribution in [0.25, 0.3) is 0 Å². The molecule has 1 aromatic rings. The van der Waals surface area contributed by atoms with Crippen molar-refractivity contribution in [2.75, 3.05) is 0 Å². The van der Waals surface area contributed by atoms with Crippen LogP contribution < -0.4 is 14.2 Å². The van der Waals surface area contributed by atoms with Crippen LogP contribution in [-0.4, -0.2) is 47.2 Å². The number of ether oxygens (including phenoxy) is 5. The highest BCUT2D eigenvalue weighted by atomic mass is 16.6. The molecular formula is C23H18O12. The van der Waals surface area contributed by atoms with E-state index >= 15 is 0 Å². The lowest BCUT2D eigenvalue weighted by Gasteiger charge is -2.36. The fraction of sp³-hybridized carbons (Fsp3) is 0.348. The van der Waals surface area contributed by atoms with Gasteiger partial charge in [0, 0.05) is 33.6 Å². The lowest BCUT2D eigenvalue weighted by molar-refractivity contribution is -0.160. The van der Waals surface area contributed by atoms with Crippen LogP contribution in [-0.2, 0) is 38.2 Å². The topological polar surface area (TPSA) is 166 Å². The van der Waals surface area contributed by atoms with Gasteiger partial charge in [-0.15, -0.1) is 0 Å². The third-order valence-electron chi connectivity index (χ3n) is 5.72. The van der Waals surface area contributed by atoms with E-state index in [1.807, 2.05) is 0 Å². The van der Waals surface area contributed by atoms with E-state index in [0.717, 1.165) is 33.8 Å². The third kappa shape index (κ3) is 3.66. The fourth-order valence-corrected chi connectivity index (χ4v) is 4.71. The standard InChI is InChI=1S/C23H18O12/c1-8(24)31-14-7-13-12-5-6-23(35-11(4)27,17-15(12)21(29)34-22(17)30)20(28)16(13)19(33-10(3)26)18(14)32-9(2)25/h5-7,12,15,17H,1-4H3/t12-,15?,17?,23+/m1/s1. The largest absolute Gasteiger partial charge is 0.446 e. The quantitative estimate of drug-likeness (QED) is 0.256. The average molecular weight is 486 g/mol. The summed E-state index contributed by atoms with van der Waals surface area (Å²) in [6, 6.07) is 1.16. The van der Waals surface area contributed by atoms with E-state index in [0.29, 0.717) is 0 Å². The summed E-state index contributed by atoms with van der Waals surface area (Å²) in [4.78, 5) is 87.0. The van der Waals surface area contributed by atoms with Gasteiger partial charge >= 0.3 is 35.8 Å². The molecule has 0 saturated carbocycles. The molecular weight excluding hydrogens is 468 g/mol. The Hall–Kier alpha value is -4.35. The predicted molar refractivity (Wildman–Crippen MR) is 109 cm³/mol. The van der Waals surface area contributed by atoms with Gasteiger partial charge in [0.25, 0.3) is 0 Å². The number of cyclic esters (lactones) is 2. The number of ketones is 1. The number of rotatable bonds is 4. The lowest BCUT2D eigenvalue weighted by Crippen LogP contribution is -2.53. The van der Waals surface area contributed by atoms with Crippen molar-refractivity contribution in [2.24, 2.45) is 11.8 Å². The first-order valence-electron chi connectivity index (χ1n) is 10.3. The van der Waals surface area contributed by atoms with Gasteiger partial charge in [-0.25, -0.2) is 0 Å². The Balaban J connectivity index is 2.12. The van der Waals surface area contributed by atoms with E-state index in [-0.39, 0.29) is 11.3 Å². The van der Waals surface area contributed by atoms with Gasteiger partial charge in [0.15, 0.2) is 11.5 Å². The van der Waals surface area contributed by atoms with E-state index in [4.69, 9.17) is 23.7 Å². The van der Waals surface area contributed by atoms with E-state index in [9.17, 15) is 33.6 Å². The molecule has 2 unspecified atom stereocenters. The second-order valence-electron chi connectivity index (χ2n) is 8.12. The van der Waals surface area contributed by atoms with Gasteiger partial charge in [-0.2, -0.15) is 0 Å². The van der Waals surface area contributed by atoms with Crippen molar-refractivity contribution >= 4 is 41.6 Å². The van der Waals surface area contributed by atoms with Crippen LogP contribution in [0.4, 0.5) is 0 Å².